The summed E-state index contributed by atoms with van der Waals surface area (Å²) in [4.78, 5) is 24.8. The minimum absolute atomic E-state index is 0.0678. The van der Waals surface area contributed by atoms with Crippen LogP contribution in [0.4, 0.5) is 0 Å². The Morgan fingerprint density at radius 1 is 0.769 bits per heavy atom. The molecule has 26 heavy (non-hydrogen) atoms. The van der Waals surface area contributed by atoms with E-state index in [0.717, 1.165) is 0 Å². The summed E-state index contributed by atoms with van der Waals surface area (Å²) in [6, 6.07) is 20.8. The monoisotopic (exact) mass is 346 g/mol. The summed E-state index contributed by atoms with van der Waals surface area (Å²) >= 11 is 0. The Kier molecular flexibility index (Phi) is 5.13. The topological polar surface area (TPSA) is 52.6 Å². The van der Waals surface area contributed by atoms with Gasteiger partial charge in [-0.1, -0.05) is 30.3 Å². The number of carbonyl (C=O) groups excluding carboxylic acids is 2. The van der Waals surface area contributed by atoms with Crippen LogP contribution in [-0.2, 0) is 0 Å². The van der Waals surface area contributed by atoms with Gasteiger partial charge in [-0.15, -0.1) is 0 Å². The van der Waals surface area contributed by atoms with Crippen molar-refractivity contribution in [2.75, 3.05) is 7.11 Å². The van der Waals surface area contributed by atoms with Crippen molar-refractivity contribution in [2.24, 2.45) is 0 Å². The predicted molar refractivity (Wildman–Crippen MR) is 99.0 cm³/mol. The normalized spacial score (nSPS) is 10.2. The number of benzene rings is 3. The van der Waals surface area contributed by atoms with E-state index >= 15 is 0 Å². The molecule has 3 aromatic rings. The highest BCUT2D eigenvalue weighted by atomic mass is 16.5. The van der Waals surface area contributed by atoms with Gasteiger partial charge in [0, 0.05) is 11.1 Å². The zero-order valence-corrected chi connectivity index (χ0v) is 14.6. The van der Waals surface area contributed by atoms with Gasteiger partial charge in [0.25, 0.3) is 0 Å². The highest BCUT2D eigenvalue weighted by Gasteiger charge is 2.14. The number of ether oxygens (including phenoxy) is 2. The minimum Gasteiger partial charge on any atom is -0.497 e. The second-order valence-electron chi connectivity index (χ2n) is 5.79. The summed E-state index contributed by atoms with van der Waals surface area (Å²) in [5, 5.41) is 0. The van der Waals surface area contributed by atoms with E-state index in [1.54, 1.807) is 68.6 Å². The number of esters is 1. The van der Waals surface area contributed by atoms with Crippen molar-refractivity contribution < 1.29 is 19.1 Å². The highest BCUT2D eigenvalue weighted by molar-refractivity contribution is 6.09. The van der Waals surface area contributed by atoms with E-state index in [1.165, 1.54) is 0 Å². The third-order valence-electron chi connectivity index (χ3n) is 4.00. The molecule has 0 spiro atoms. The Labute approximate surface area is 152 Å². The number of carbonyl (C=O) groups is 2. The first-order valence-corrected chi connectivity index (χ1v) is 8.15. The van der Waals surface area contributed by atoms with Crippen LogP contribution in [-0.4, -0.2) is 18.9 Å². The van der Waals surface area contributed by atoms with E-state index in [2.05, 4.69) is 0 Å². The van der Waals surface area contributed by atoms with Gasteiger partial charge < -0.3 is 9.47 Å². The highest BCUT2D eigenvalue weighted by Crippen LogP contribution is 2.22. The van der Waals surface area contributed by atoms with Crippen molar-refractivity contribution in [3.8, 4) is 11.5 Å². The quantitative estimate of drug-likeness (QED) is 0.389. The lowest BCUT2D eigenvalue weighted by atomic mass is 10.0. The smallest absolute Gasteiger partial charge is 0.343 e. The van der Waals surface area contributed by atoms with Gasteiger partial charge in [0.2, 0.25) is 0 Å². The Balaban J connectivity index is 1.77. The Morgan fingerprint density at radius 2 is 1.42 bits per heavy atom. The lowest BCUT2D eigenvalue weighted by Crippen LogP contribution is -2.10. The van der Waals surface area contributed by atoms with E-state index in [-0.39, 0.29) is 5.78 Å². The molecule has 0 aliphatic heterocycles. The van der Waals surface area contributed by atoms with Crippen molar-refractivity contribution in [3.05, 3.63) is 95.1 Å². The third-order valence-corrected chi connectivity index (χ3v) is 4.00. The molecule has 0 N–H and O–H groups in total. The van der Waals surface area contributed by atoms with Crippen LogP contribution in [0, 0.1) is 6.92 Å². The lowest BCUT2D eigenvalue weighted by molar-refractivity contribution is 0.0733. The number of ketones is 1. The molecule has 4 nitrogen and oxygen atoms in total. The van der Waals surface area contributed by atoms with E-state index in [1.807, 2.05) is 18.2 Å². The number of hydrogen-bond donors (Lipinski definition) is 0. The Morgan fingerprint density at radius 3 is 2.04 bits per heavy atom. The SMILES string of the molecule is COc1ccc(C(=O)Oc2ccc(C(=O)c3ccccc3)cc2C)cc1. The standard InChI is InChI=1S/C22H18O4/c1-15-14-18(21(23)16-6-4-3-5-7-16)10-13-20(15)26-22(24)17-8-11-19(25-2)12-9-17/h3-14H,1-2H3. The molecule has 130 valence electrons. The molecule has 0 aliphatic carbocycles. The number of aryl methyl sites for hydroxylation is 1. The molecular formula is C22H18O4. The molecule has 0 amide bonds. The minimum atomic E-state index is -0.460. The van der Waals surface area contributed by atoms with Gasteiger partial charge in [-0.25, -0.2) is 4.79 Å². The first-order valence-electron chi connectivity index (χ1n) is 8.15. The van der Waals surface area contributed by atoms with Crippen LogP contribution in [0.25, 0.3) is 0 Å². The molecule has 0 saturated carbocycles. The summed E-state index contributed by atoms with van der Waals surface area (Å²) in [6.07, 6.45) is 0. The predicted octanol–water partition coefficient (Wildman–Crippen LogP) is 4.45. The molecule has 0 aromatic heterocycles. The summed E-state index contributed by atoms with van der Waals surface area (Å²) in [7, 11) is 1.56. The Bertz CT molecular complexity index is 928. The zero-order valence-electron chi connectivity index (χ0n) is 14.6. The van der Waals surface area contributed by atoms with E-state index in [0.29, 0.717) is 33.8 Å². The van der Waals surface area contributed by atoms with Gasteiger partial charge in [-0.3, -0.25) is 4.79 Å². The third kappa shape index (κ3) is 3.81. The molecule has 0 bridgehead atoms. The van der Waals surface area contributed by atoms with Crippen LogP contribution in [0.3, 0.4) is 0 Å². The molecule has 0 aliphatic rings. The van der Waals surface area contributed by atoms with Crippen molar-refractivity contribution in [3.63, 3.8) is 0 Å². The number of hydrogen-bond acceptors (Lipinski definition) is 4. The fourth-order valence-electron chi connectivity index (χ4n) is 2.55. The number of rotatable bonds is 5. The van der Waals surface area contributed by atoms with Gasteiger partial charge >= 0.3 is 5.97 Å². The van der Waals surface area contributed by atoms with Gasteiger partial charge in [-0.05, 0) is 55.0 Å². The maximum absolute atomic E-state index is 12.5. The van der Waals surface area contributed by atoms with Crippen LogP contribution in [0.2, 0.25) is 0 Å². The second-order valence-corrected chi connectivity index (χ2v) is 5.79. The molecule has 0 unspecified atom stereocenters. The van der Waals surface area contributed by atoms with Crippen molar-refractivity contribution in [2.45, 2.75) is 6.92 Å². The maximum atomic E-state index is 12.5. The Hall–Kier alpha value is -3.40. The molecule has 0 heterocycles. The van der Waals surface area contributed by atoms with E-state index in [9.17, 15) is 9.59 Å². The van der Waals surface area contributed by atoms with Crippen LogP contribution >= 0.6 is 0 Å². The fraction of sp³-hybridized carbons (Fsp3) is 0.0909. The lowest BCUT2D eigenvalue weighted by Gasteiger charge is -2.09. The molecule has 0 atom stereocenters. The first kappa shape index (κ1) is 17.4. The van der Waals surface area contributed by atoms with Gasteiger partial charge in [0.1, 0.15) is 11.5 Å². The summed E-state index contributed by atoms with van der Waals surface area (Å²) < 4.78 is 10.5. The van der Waals surface area contributed by atoms with Gasteiger partial charge in [0.15, 0.2) is 5.78 Å². The van der Waals surface area contributed by atoms with Crippen molar-refractivity contribution in [1.82, 2.24) is 0 Å². The molecule has 3 aromatic carbocycles. The molecule has 0 fully saturated rings. The molecular weight excluding hydrogens is 328 g/mol. The molecule has 0 radical (unpaired) electrons. The van der Waals surface area contributed by atoms with Crippen LogP contribution in [0.1, 0.15) is 31.8 Å². The van der Waals surface area contributed by atoms with Gasteiger partial charge in [0.05, 0.1) is 12.7 Å². The summed E-state index contributed by atoms with van der Waals surface area (Å²) in [6.45, 7) is 1.80. The van der Waals surface area contributed by atoms with E-state index in [4.69, 9.17) is 9.47 Å². The van der Waals surface area contributed by atoms with E-state index < -0.39 is 5.97 Å². The van der Waals surface area contributed by atoms with Crippen LogP contribution < -0.4 is 9.47 Å². The van der Waals surface area contributed by atoms with Crippen LogP contribution in [0.15, 0.2) is 72.8 Å². The molecule has 0 saturated heterocycles. The largest absolute Gasteiger partial charge is 0.497 e. The first-order chi connectivity index (χ1) is 12.6. The fourth-order valence-corrected chi connectivity index (χ4v) is 2.55. The van der Waals surface area contributed by atoms with Crippen molar-refractivity contribution >= 4 is 11.8 Å². The second kappa shape index (κ2) is 7.66. The maximum Gasteiger partial charge on any atom is 0.343 e. The average Bonchev–Trinajstić information content (AvgIpc) is 2.69. The zero-order chi connectivity index (χ0) is 18.5. The summed E-state index contributed by atoms with van der Waals surface area (Å²) in [5.74, 6) is 0.566. The molecule has 3 rings (SSSR count). The molecule has 4 heteroatoms. The van der Waals surface area contributed by atoms with Gasteiger partial charge in [-0.2, -0.15) is 0 Å². The average molecular weight is 346 g/mol. The van der Waals surface area contributed by atoms with Crippen molar-refractivity contribution in [1.29, 1.82) is 0 Å². The number of methoxy groups -OCH3 is 1. The van der Waals surface area contributed by atoms with Crippen LogP contribution in [0.5, 0.6) is 11.5 Å². The summed E-state index contributed by atoms with van der Waals surface area (Å²) in [5.41, 5.74) is 2.32.